The van der Waals surface area contributed by atoms with Gasteiger partial charge in [0.15, 0.2) is 0 Å². The van der Waals surface area contributed by atoms with Crippen LogP contribution in [-0.4, -0.2) is 31.3 Å². The van der Waals surface area contributed by atoms with E-state index in [1.165, 1.54) is 11.3 Å². The minimum atomic E-state index is 0.323. The van der Waals surface area contributed by atoms with Gasteiger partial charge in [0, 0.05) is 16.3 Å². The number of aromatic hydroxyl groups is 1. The predicted molar refractivity (Wildman–Crippen MR) is 86.2 cm³/mol. The molecule has 3 nitrogen and oxygen atoms in total. The molecule has 0 saturated carbocycles. The summed E-state index contributed by atoms with van der Waals surface area (Å²) in [6.45, 7) is 5.35. The molecular weight excluding hydrogens is 284 g/mol. The van der Waals surface area contributed by atoms with Gasteiger partial charge in [0.25, 0.3) is 0 Å². The van der Waals surface area contributed by atoms with Gasteiger partial charge in [0.05, 0.1) is 26.2 Å². The number of piperazine rings is 1. The summed E-state index contributed by atoms with van der Waals surface area (Å²) in [4.78, 5) is 3.97. The molecule has 2 N–H and O–H groups in total. The minimum absolute atomic E-state index is 0.323. The summed E-state index contributed by atoms with van der Waals surface area (Å²) in [7, 11) is 0. The van der Waals surface area contributed by atoms with E-state index in [2.05, 4.69) is 17.0 Å². The fourth-order valence-electron chi connectivity index (χ4n) is 2.86. The van der Waals surface area contributed by atoms with E-state index in [4.69, 9.17) is 11.6 Å². The van der Waals surface area contributed by atoms with Gasteiger partial charge in [-0.1, -0.05) is 23.7 Å². The standard InChI is InChI=1S/C17H19ClN2O/c18-15-3-1-2-14(12-15)13-19-8-10-20(11-9-19)16-4-6-17(21)7-5-16/h1-7,12,21H,8-11,13H2/p+1. The van der Waals surface area contributed by atoms with Crippen molar-refractivity contribution in [2.75, 3.05) is 31.1 Å². The molecule has 3 rings (SSSR count). The van der Waals surface area contributed by atoms with Crippen LogP contribution in [0.2, 0.25) is 5.02 Å². The number of phenols is 1. The summed E-state index contributed by atoms with van der Waals surface area (Å²) in [5.41, 5.74) is 2.49. The number of halogens is 1. The van der Waals surface area contributed by atoms with Crippen molar-refractivity contribution in [2.45, 2.75) is 6.54 Å². The van der Waals surface area contributed by atoms with Crippen LogP contribution in [0.1, 0.15) is 5.56 Å². The molecule has 0 atom stereocenters. The van der Waals surface area contributed by atoms with Crippen LogP contribution in [0, 0.1) is 0 Å². The zero-order chi connectivity index (χ0) is 14.7. The number of hydrogen-bond donors (Lipinski definition) is 2. The number of nitrogens with one attached hydrogen (secondary N) is 1. The van der Waals surface area contributed by atoms with Crippen molar-refractivity contribution in [1.82, 2.24) is 0 Å². The van der Waals surface area contributed by atoms with Crippen molar-refractivity contribution in [3.05, 3.63) is 59.1 Å². The van der Waals surface area contributed by atoms with Crippen LogP contribution in [0.4, 0.5) is 5.69 Å². The average molecular weight is 304 g/mol. The first-order valence-electron chi connectivity index (χ1n) is 7.33. The molecule has 110 valence electrons. The maximum atomic E-state index is 9.35. The van der Waals surface area contributed by atoms with Crippen LogP contribution in [0.25, 0.3) is 0 Å². The van der Waals surface area contributed by atoms with E-state index in [0.717, 1.165) is 37.7 Å². The Morgan fingerprint density at radius 2 is 1.76 bits per heavy atom. The Balaban J connectivity index is 1.56. The van der Waals surface area contributed by atoms with Crippen molar-refractivity contribution < 1.29 is 10.0 Å². The Kier molecular flexibility index (Phi) is 4.32. The lowest BCUT2D eigenvalue weighted by Crippen LogP contribution is -3.13. The molecule has 1 saturated heterocycles. The van der Waals surface area contributed by atoms with Crippen LogP contribution in [0.15, 0.2) is 48.5 Å². The predicted octanol–water partition coefficient (Wildman–Crippen LogP) is 1.95. The van der Waals surface area contributed by atoms with E-state index < -0.39 is 0 Å². The fraction of sp³-hybridized carbons (Fsp3) is 0.294. The first-order valence-corrected chi connectivity index (χ1v) is 7.70. The van der Waals surface area contributed by atoms with Crippen molar-refractivity contribution in [3.8, 4) is 5.75 Å². The Labute approximate surface area is 130 Å². The summed E-state index contributed by atoms with van der Waals surface area (Å²) in [6, 6.07) is 15.6. The normalized spacial score (nSPS) is 16.1. The summed E-state index contributed by atoms with van der Waals surface area (Å²) < 4.78 is 0. The number of phenolic OH excluding ortho intramolecular Hbond substituents is 1. The number of rotatable bonds is 3. The van der Waals surface area contributed by atoms with Crippen LogP contribution in [0.3, 0.4) is 0 Å². The Morgan fingerprint density at radius 3 is 2.43 bits per heavy atom. The molecule has 21 heavy (non-hydrogen) atoms. The van der Waals surface area contributed by atoms with Gasteiger partial charge < -0.3 is 14.9 Å². The van der Waals surface area contributed by atoms with Crippen molar-refractivity contribution in [2.24, 2.45) is 0 Å². The second kappa shape index (κ2) is 6.37. The molecule has 0 aromatic heterocycles. The van der Waals surface area contributed by atoms with Gasteiger partial charge >= 0.3 is 0 Å². The minimum Gasteiger partial charge on any atom is -0.508 e. The molecule has 0 bridgehead atoms. The second-order valence-corrected chi connectivity index (χ2v) is 6.00. The topological polar surface area (TPSA) is 27.9 Å². The van der Waals surface area contributed by atoms with Crippen LogP contribution in [0.5, 0.6) is 5.75 Å². The van der Waals surface area contributed by atoms with Crippen molar-refractivity contribution in [3.63, 3.8) is 0 Å². The zero-order valence-corrected chi connectivity index (χ0v) is 12.7. The highest BCUT2D eigenvalue weighted by Crippen LogP contribution is 2.18. The van der Waals surface area contributed by atoms with Crippen molar-refractivity contribution in [1.29, 1.82) is 0 Å². The maximum Gasteiger partial charge on any atom is 0.115 e. The van der Waals surface area contributed by atoms with Gasteiger partial charge in [-0.15, -0.1) is 0 Å². The summed E-state index contributed by atoms with van der Waals surface area (Å²) in [5, 5.41) is 10.2. The third kappa shape index (κ3) is 3.69. The number of hydrogen-bond acceptors (Lipinski definition) is 2. The quantitative estimate of drug-likeness (QED) is 0.907. The van der Waals surface area contributed by atoms with E-state index in [9.17, 15) is 5.11 Å². The van der Waals surface area contributed by atoms with Gasteiger partial charge in [0.1, 0.15) is 12.3 Å². The highest BCUT2D eigenvalue weighted by atomic mass is 35.5. The number of nitrogens with zero attached hydrogens (tertiary/aromatic N) is 1. The lowest BCUT2D eigenvalue weighted by atomic mass is 10.2. The van der Waals surface area contributed by atoms with E-state index >= 15 is 0 Å². The average Bonchev–Trinajstić information content (AvgIpc) is 2.49. The van der Waals surface area contributed by atoms with Gasteiger partial charge in [-0.25, -0.2) is 0 Å². The molecule has 0 amide bonds. The molecule has 1 heterocycles. The molecule has 2 aromatic carbocycles. The molecule has 0 radical (unpaired) electrons. The first-order chi connectivity index (χ1) is 10.2. The molecule has 0 spiro atoms. The van der Waals surface area contributed by atoms with Gasteiger partial charge in [0.2, 0.25) is 0 Å². The lowest BCUT2D eigenvalue weighted by Gasteiger charge is -2.33. The van der Waals surface area contributed by atoms with Crippen LogP contribution in [-0.2, 0) is 6.54 Å². The third-order valence-electron chi connectivity index (χ3n) is 4.03. The Bertz CT molecular complexity index is 592. The highest BCUT2D eigenvalue weighted by molar-refractivity contribution is 6.30. The highest BCUT2D eigenvalue weighted by Gasteiger charge is 2.20. The smallest absolute Gasteiger partial charge is 0.115 e. The zero-order valence-electron chi connectivity index (χ0n) is 11.9. The first kappa shape index (κ1) is 14.2. The summed E-state index contributed by atoms with van der Waals surface area (Å²) in [6.07, 6.45) is 0. The summed E-state index contributed by atoms with van der Waals surface area (Å²) in [5.74, 6) is 0.323. The van der Waals surface area contributed by atoms with E-state index in [-0.39, 0.29) is 0 Å². The fourth-order valence-corrected chi connectivity index (χ4v) is 3.07. The SMILES string of the molecule is Oc1ccc(N2CC[NH+](Cc3cccc(Cl)c3)CC2)cc1. The van der Waals surface area contributed by atoms with E-state index in [0.29, 0.717) is 5.75 Å². The largest absolute Gasteiger partial charge is 0.508 e. The van der Waals surface area contributed by atoms with Gasteiger partial charge in [-0.05, 0) is 36.4 Å². The molecule has 1 aliphatic heterocycles. The van der Waals surface area contributed by atoms with Gasteiger partial charge in [-0.2, -0.15) is 0 Å². The van der Waals surface area contributed by atoms with Crippen LogP contribution >= 0.6 is 11.6 Å². The Morgan fingerprint density at radius 1 is 1.05 bits per heavy atom. The van der Waals surface area contributed by atoms with Crippen molar-refractivity contribution >= 4 is 17.3 Å². The molecule has 1 fully saturated rings. The molecule has 2 aromatic rings. The second-order valence-electron chi connectivity index (χ2n) is 5.56. The summed E-state index contributed by atoms with van der Waals surface area (Å²) >= 11 is 6.04. The monoisotopic (exact) mass is 303 g/mol. The van der Waals surface area contributed by atoms with Gasteiger partial charge in [-0.3, -0.25) is 0 Å². The molecule has 0 aliphatic carbocycles. The molecule has 4 heteroatoms. The molecular formula is C17H20ClN2O+. The number of benzene rings is 2. The number of anilines is 1. The molecule has 0 unspecified atom stereocenters. The van der Waals surface area contributed by atoms with Crippen LogP contribution < -0.4 is 9.80 Å². The molecule has 1 aliphatic rings. The van der Waals surface area contributed by atoms with E-state index in [1.807, 2.05) is 24.3 Å². The maximum absolute atomic E-state index is 9.35. The Hall–Kier alpha value is -1.71. The third-order valence-corrected chi connectivity index (χ3v) is 4.26. The lowest BCUT2D eigenvalue weighted by molar-refractivity contribution is -0.914. The van der Waals surface area contributed by atoms with E-state index in [1.54, 1.807) is 17.0 Å². The number of quaternary nitrogens is 1.